The second kappa shape index (κ2) is 7.70. The summed E-state index contributed by atoms with van der Waals surface area (Å²) < 4.78 is 7.54. The molecule has 1 heterocycles. The fourth-order valence-electron chi connectivity index (χ4n) is 2.86. The predicted molar refractivity (Wildman–Crippen MR) is 105 cm³/mol. The summed E-state index contributed by atoms with van der Waals surface area (Å²) in [6, 6.07) is 27.4. The molecule has 4 nitrogen and oxygen atoms in total. The van der Waals surface area contributed by atoms with E-state index in [1.165, 1.54) is 0 Å². The minimum absolute atomic E-state index is 0.516. The highest BCUT2D eigenvalue weighted by Gasteiger charge is 2.12. The molecule has 0 N–H and O–H groups in total. The molecule has 0 saturated heterocycles. The molecule has 4 heteroatoms. The van der Waals surface area contributed by atoms with Gasteiger partial charge in [0.2, 0.25) is 0 Å². The van der Waals surface area contributed by atoms with Gasteiger partial charge in [-0.3, -0.25) is 4.79 Å². The van der Waals surface area contributed by atoms with E-state index in [-0.39, 0.29) is 0 Å². The minimum atomic E-state index is 0.516. The zero-order chi connectivity index (χ0) is 18.5. The molecule has 0 spiro atoms. The third-order valence-electron chi connectivity index (χ3n) is 4.27. The Morgan fingerprint density at radius 3 is 2.19 bits per heavy atom. The minimum Gasteiger partial charge on any atom is -0.489 e. The first-order valence-corrected chi connectivity index (χ1v) is 8.71. The van der Waals surface area contributed by atoms with Crippen LogP contribution in [0.2, 0.25) is 0 Å². The van der Waals surface area contributed by atoms with Crippen LogP contribution in [0.3, 0.4) is 0 Å². The van der Waals surface area contributed by atoms with Gasteiger partial charge in [0.15, 0.2) is 6.29 Å². The maximum atomic E-state index is 11.5. The molecule has 132 valence electrons. The lowest BCUT2D eigenvalue weighted by Gasteiger charge is -2.07. The maximum absolute atomic E-state index is 11.5. The molecule has 0 atom stereocenters. The molecule has 0 unspecified atom stereocenters. The summed E-state index contributed by atoms with van der Waals surface area (Å²) in [5, 5.41) is 4.59. The third-order valence-corrected chi connectivity index (χ3v) is 4.27. The molecule has 4 rings (SSSR count). The van der Waals surface area contributed by atoms with Crippen molar-refractivity contribution >= 4 is 6.29 Å². The van der Waals surface area contributed by atoms with E-state index in [9.17, 15) is 4.79 Å². The Morgan fingerprint density at radius 2 is 1.52 bits per heavy atom. The van der Waals surface area contributed by atoms with Gasteiger partial charge >= 0.3 is 0 Å². The van der Waals surface area contributed by atoms with E-state index in [1.807, 2.05) is 84.9 Å². The van der Waals surface area contributed by atoms with Gasteiger partial charge in [0, 0.05) is 11.8 Å². The molecule has 0 aliphatic heterocycles. The number of aldehydes is 1. The number of hydrogen-bond acceptors (Lipinski definition) is 3. The molecule has 0 radical (unpaired) electrons. The fourth-order valence-corrected chi connectivity index (χ4v) is 2.86. The highest BCUT2D eigenvalue weighted by atomic mass is 16.5. The standard InChI is InChI=1S/C23H18N2O2/c26-16-20-15-25(21-9-5-2-6-10-21)24-23(20)19-11-13-22(14-12-19)27-17-18-7-3-1-4-8-18/h1-16H,17H2. The molecule has 0 saturated carbocycles. The molecular weight excluding hydrogens is 336 g/mol. The topological polar surface area (TPSA) is 44.1 Å². The lowest BCUT2D eigenvalue weighted by molar-refractivity contribution is 0.112. The van der Waals surface area contributed by atoms with Crippen LogP contribution in [0.1, 0.15) is 15.9 Å². The lowest BCUT2D eigenvalue weighted by Crippen LogP contribution is -1.95. The van der Waals surface area contributed by atoms with Crippen molar-refractivity contribution in [3.05, 3.63) is 102 Å². The number of para-hydroxylation sites is 1. The van der Waals surface area contributed by atoms with E-state index in [4.69, 9.17) is 4.74 Å². The Labute approximate surface area is 157 Å². The third kappa shape index (κ3) is 3.80. The normalized spacial score (nSPS) is 10.5. The number of rotatable bonds is 6. The van der Waals surface area contributed by atoms with Gasteiger partial charge in [-0.2, -0.15) is 5.10 Å². The van der Waals surface area contributed by atoms with Gasteiger partial charge in [-0.15, -0.1) is 0 Å². The van der Waals surface area contributed by atoms with Crippen LogP contribution in [0.25, 0.3) is 16.9 Å². The quantitative estimate of drug-likeness (QED) is 0.461. The Morgan fingerprint density at radius 1 is 0.852 bits per heavy atom. The number of carbonyl (C=O) groups excluding carboxylic acids is 1. The zero-order valence-corrected chi connectivity index (χ0v) is 14.7. The Kier molecular flexibility index (Phi) is 4.79. The van der Waals surface area contributed by atoms with E-state index in [1.54, 1.807) is 10.9 Å². The number of nitrogens with zero attached hydrogens (tertiary/aromatic N) is 2. The second-order valence-electron chi connectivity index (χ2n) is 6.13. The first-order valence-electron chi connectivity index (χ1n) is 8.71. The molecule has 0 bridgehead atoms. The van der Waals surface area contributed by atoms with E-state index >= 15 is 0 Å². The van der Waals surface area contributed by atoms with E-state index in [0.29, 0.717) is 17.9 Å². The fraction of sp³-hybridized carbons (Fsp3) is 0.0435. The lowest BCUT2D eigenvalue weighted by atomic mass is 10.1. The first-order chi connectivity index (χ1) is 13.3. The summed E-state index contributed by atoms with van der Waals surface area (Å²) in [6.45, 7) is 0.516. The average Bonchev–Trinajstić information content (AvgIpc) is 3.18. The van der Waals surface area contributed by atoms with Crippen molar-refractivity contribution in [2.75, 3.05) is 0 Å². The number of aromatic nitrogens is 2. The Balaban J connectivity index is 1.55. The largest absolute Gasteiger partial charge is 0.489 e. The first kappa shape index (κ1) is 16.8. The maximum Gasteiger partial charge on any atom is 0.153 e. The van der Waals surface area contributed by atoms with Crippen LogP contribution in [-0.2, 0) is 6.61 Å². The van der Waals surface area contributed by atoms with Gasteiger partial charge in [0.1, 0.15) is 18.1 Å². The van der Waals surface area contributed by atoms with Crippen molar-refractivity contribution in [2.45, 2.75) is 6.61 Å². The molecular formula is C23H18N2O2. The van der Waals surface area contributed by atoms with Crippen LogP contribution >= 0.6 is 0 Å². The molecule has 0 amide bonds. The number of carbonyl (C=O) groups is 1. The van der Waals surface area contributed by atoms with Crippen molar-refractivity contribution < 1.29 is 9.53 Å². The number of benzene rings is 3. The van der Waals surface area contributed by atoms with Crippen molar-refractivity contribution in [3.8, 4) is 22.7 Å². The predicted octanol–water partition coefficient (Wildman–Crippen LogP) is 4.93. The molecule has 4 aromatic rings. The average molecular weight is 354 g/mol. The highest BCUT2D eigenvalue weighted by Crippen LogP contribution is 2.25. The summed E-state index contributed by atoms with van der Waals surface area (Å²) in [5.41, 5.74) is 4.11. The van der Waals surface area contributed by atoms with Crippen LogP contribution in [-0.4, -0.2) is 16.1 Å². The molecule has 1 aromatic heterocycles. The van der Waals surface area contributed by atoms with Crippen molar-refractivity contribution in [2.24, 2.45) is 0 Å². The Bertz CT molecular complexity index is 1020. The summed E-state index contributed by atoms with van der Waals surface area (Å²) in [4.78, 5) is 11.5. The highest BCUT2D eigenvalue weighted by molar-refractivity contribution is 5.85. The molecule has 0 fully saturated rings. The van der Waals surface area contributed by atoms with Crippen molar-refractivity contribution in [1.82, 2.24) is 9.78 Å². The van der Waals surface area contributed by atoms with Crippen molar-refractivity contribution in [3.63, 3.8) is 0 Å². The monoisotopic (exact) mass is 354 g/mol. The van der Waals surface area contributed by atoms with Crippen LogP contribution in [0.4, 0.5) is 0 Å². The number of ether oxygens (including phenoxy) is 1. The zero-order valence-electron chi connectivity index (χ0n) is 14.7. The van der Waals surface area contributed by atoms with E-state index in [2.05, 4.69) is 5.10 Å². The Hall–Kier alpha value is -3.66. The summed E-state index contributed by atoms with van der Waals surface area (Å²) >= 11 is 0. The molecule has 27 heavy (non-hydrogen) atoms. The molecule has 3 aromatic carbocycles. The second-order valence-corrected chi connectivity index (χ2v) is 6.13. The van der Waals surface area contributed by atoms with E-state index in [0.717, 1.165) is 28.8 Å². The van der Waals surface area contributed by atoms with Gasteiger partial charge in [-0.05, 0) is 42.0 Å². The molecule has 0 aliphatic carbocycles. The SMILES string of the molecule is O=Cc1cn(-c2ccccc2)nc1-c1ccc(OCc2ccccc2)cc1. The van der Waals surface area contributed by atoms with Crippen molar-refractivity contribution in [1.29, 1.82) is 0 Å². The van der Waals surface area contributed by atoms with Crippen LogP contribution in [0.15, 0.2) is 91.1 Å². The van der Waals surface area contributed by atoms with Crippen LogP contribution < -0.4 is 4.74 Å². The van der Waals surface area contributed by atoms with Crippen LogP contribution in [0, 0.1) is 0 Å². The van der Waals surface area contributed by atoms with Gasteiger partial charge in [0.05, 0.1) is 11.3 Å². The summed E-state index contributed by atoms with van der Waals surface area (Å²) in [5.74, 6) is 0.776. The van der Waals surface area contributed by atoms with Gasteiger partial charge in [0.25, 0.3) is 0 Å². The van der Waals surface area contributed by atoms with Gasteiger partial charge in [-0.25, -0.2) is 4.68 Å². The van der Waals surface area contributed by atoms with Gasteiger partial charge in [-0.1, -0.05) is 48.5 Å². The number of hydrogen-bond donors (Lipinski definition) is 0. The molecule has 0 aliphatic rings. The van der Waals surface area contributed by atoms with Crippen LogP contribution in [0.5, 0.6) is 5.75 Å². The summed E-state index contributed by atoms with van der Waals surface area (Å²) in [7, 11) is 0. The smallest absolute Gasteiger partial charge is 0.153 e. The van der Waals surface area contributed by atoms with E-state index < -0.39 is 0 Å². The summed E-state index contributed by atoms with van der Waals surface area (Å²) in [6.07, 6.45) is 2.58. The van der Waals surface area contributed by atoms with Gasteiger partial charge < -0.3 is 4.74 Å².